The van der Waals surface area contributed by atoms with Crippen molar-refractivity contribution in [2.45, 2.75) is 17.9 Å². The maximum Gasteiger partial charge on any atom is 0.251 e. The third-order valence-electron chi connectivity index (χ3n) is 3.86. The van der Waals surface area contributed by atoms with Crippen LogP contribution in [-0.4, -0.2) is 35.1 Å². The number of hydrogen-bond donors (Lipinski definition) is 2. The molecular weight excluding hydrogens is 382 g/mol. The van der Waals surface area contributed by atoms with E-state index < -0.39 is 15.9 Å². The summed E-state index contributed by atoms with van der Waals surface area (Å²) in [6, 6.07) is 12.8. The number of nitrogens with one attached hydrogen (secondary N) is 2. The predicted molar refractivity (Wildman–Crippen MR) is 103 cm³/mol. The van der Waals surface area contributed by atoms with Gasteiger partial charge in [0.05, 0.1) is 25.2 Å². The second kappa shape index (κ2) is 9.73. The lowest BCUT2D eigenvalue weighted by Crippen LogP contribution is -2.26. The Hall–Kier alpha value is -3.09. The maximum absolute atomic E-state index is 12.5. The van der Waals surface area contributed by atoms with Gasteiger partial charge in [0, 0.05) is 30.6 Å². The first-order chi connectivity index (χ1) is 13.4. The summed E-state index contributed by atoms with van der Waals surface area (Å²) < 4.78 is 37.2. The molecule has 0 bridgehead atoms. The Labute approximate surface area is 164 Å². The number of amides is 1. The molecule has 28 heavy (non-hydrogen) atoms. The average molecular weight is 403 g/mol. The normalized spacial score (nSPS) is 10.8. The average Bonchev–Trinajstić information content (AvgIpc) is 2.71. The summed E-state index contributed by atoms with van der Waals surface area (Å²) in [5, 5.41) is 11.3. The summed E-state index contributed by atoms with van der Waals surface area (Å²) in [6.07, 6.45) is 0.0573. The van der Waals surface area contributed by atoms with Gasteiger partial charge < -0.3 is 14.8 Å². The van der Waals surface area contributed by atoms with Crippen LogP contribution in [0.15, 0.2) is 47.4 Å². The maximum atomic E-state index is 12.5. The highest BCUT2D eigenvalue weighted by atomic mass is 32.2. The number of benzene rings is 2. The molecule has 0 heterocycles. The second-order valence-corrected chi connectivity index (χ2v) is 7.46. The van der Waals surface area contributed by atoms with Crippen LogP contribution >= 0.6 is 0 Å². The summed E-state index contributed by atoms with van der Waals surface area (Å²) in [5.41, 5.74) is 0.919. The van der Waals surface area contributed by atoms with Crippen LogP contribution in [0, 0.1) is 11.3 Å². The fraction of sp³-hybridized carbons (Fsp3) is 0.263. The van der Waals surface area contributed by atoms with Crippen LogP contribution in [0.3, 0.4) is 0 Å². The number of carbonyl (C=O) groups is 1. The van der Waals surface area contributed by atoms with Crippen molar-refractivity contribution < 1.29 is 22.7 Å². The number of hydrogen-bond acceptors (Lipinski definition) is 6. The minimum atomic E-state index is -3.79. The van der Waals surface area contributed by atoms with Gasteiger partial charge in [0.1, 0.15) is 11.5 Å². The van der Waals surface area contributed by atoms with E-state index in [1.54, 1.807) is 25.3 Å². The monoisotopic (exact) mass is 403 g/mol. The summed E-state index contributed by atoms with van der Waals surface area (Å²) in [7, 11) is -0.722. The highest BCUT2D eigenvalue weighted by Gasteiger charge is 2.16. The van der Waals surface area contributed by atoms with E-state index in [0.717, 1.165) is 5.56 Å². The quantitative estimate of drug-likeness (QED) is 0.617. The molecule has 148 valence electrons. The zero-order valence-electron chi connectivity index (χ0n) is 15.6. The molecule has 0 spiro atoms. The van der Waals surface area contributed by atoms with Crippen molar-refractivity contribution in [1.29, 1.82) is 5.26 Å². The summed E-state index contributed by atoms with van der Waals surface area (Å²) in [6.45, 7) is 0.182. The van der Waals surface area contributed by atoms with Crippen molar-refractivity contribution in [3.05, 3.63) is 53.6 Å². The Balaban J connectivity index is 2.13. The lowest BCUT2D eigenvalue weighted by Gasteiger charge is -2.12. The molecular formula is C19H21N3O5S. The summed E-state index contributed by atoms with van der Waals surface area (Å²) in [5.74, 6) is 0.791. The molecule has 0 saturated carbocycles. The van der Waals surface area contributed by atoms with Gasteiger partial charge in [-0.3, -0.25) is 4.79 Å². The van der Waals surface area contributed by atoms with Gasteiger partial charge in [-0.25, -0.2) is 13.1 Å². The number of rotatable bonds is 9. The zero-order chi connectivity index (χ0) is 20.6. The van der Waals surface area contributed by atoms with Gasteiger partial charge in [-0.05, 0) is 36.4 Å². The summed E-state index contributed by atoms with van der Waals surface area (Å²) in [4.78, 5) is 12.4. The minimum Gasteiger partial charge on any atom is -0.497 e. The first kappa shape index (κ1) is 21.2. The fourth-order valence-corrected chi connectivity index (χ4v) is 3.50. The standard InChI is InChI=1S/C19H21N3O5S/c1-26-16-7-8-18(27-2)15(11-16)13-21-19(23)14-5-3-6-17(12-14)28(24,25)22-10-4-9-20/h3,5-8,11-12,22H,4,10,13H2,1-2H3,(H,21,23). The molecule has 0 aliphatic rings. The van der Waals surface area contributed by atoms with Crippen molar-refractivity contribution in [3.63, 3.8) is 0 Å². The molecule has 0 aliphatic heterocycles. The van der Waals surface area contributed by atoms with Gasteiger partial charge in [-0.1, -0.05) is 6.07 Å². The highest BCUT2D eigenvalue weighted by molar-refractivity contribution is 7.89. The molecule has 8 nitrogen and oxygen atoms in total. The second-order valence-electron chi connectivity index (χ2n) is 5.69. The van der Waals surface area contributed by atoms with Crippen LogP contribution in [0.5, 0.6) is 11.5 Å². The fourth-order valence-electron chi connectivity index (χ4n) is 2.43. The van der Waals surface area contributed by atoms with Gasteiger partial charge in [0.2, 0.25) is 10.0 Å². The molecule has 9 heteroatoms. The van der Waals surface area contributed by atoms with Crippen molar-refractivity contribution in [1.82, 2.24) is 10.0 Å². The van der Waals surface area contributed by atoms with Crippen LogP contribution in [0.1, 0.15) is 22.3 Å². The van der Waals surface area contributed by atoms with Crippen molar-refractivity contribution in [2.75, 3.05) is 20.8 Å². The molecule has 0 aliphatic carbocycles. The van der Waals surface area contributed by atoms with Crippen molar-refractivity contribution in [3.8, 4) is 17.6 Å². The van der Waals surface area contributed by atoms with E-state index in [0.29, 0.717) is 11.5 Å². The van der Waals surface area contributed by atoms with Crippen LogP contribution in [-0.2, 0) is 16.6 Å². The van der Waals surface area contributed by atoms with Gasteiger partial charge in [-0.2, -0.15) is 5.26 Å². The Morgan fingerprint density at radius 3 is 2.61 bits per heavy atom. The number of sulfonamides is 1. The van der Waals surface area contributed by atoms with Gasteiger partial charge in [0.25, 0.3) is 5.91 Å². The molecule has 0 saturated heterocycles. The molecule has 0 unspecified atom stereocenters. The zero-order valence-corrected chi connectivity index (χ0v) is 16.4. The predicted octanol–water partition coefficient (Wildman–Crippen LogP) is 1.83. The number of carbonyl (C=O) groups excluding carboxylic acids is 1. The molecule has 0 atom stereocenters. The third-order valence-corrected chi connectivity index (χ3v) is 5.32. The Kier molecular flexibility index (Phi) is 7.37. The van der Waals surface area contributed by atoms with E-state index in [1.807, 2.05) is 6.07 Å². The molecule has 0 fully saturated rings. The van der Waals surface area contributed by atoms with E-state index in [9.17, 15) is 13.2 Å². The Morgan fingerprint density at radius 1 is 1.14 bits per heavy atom. The molecule has 0 aromatic heterocycles. The first-order valence-electron chi connectivity index (χ1n) is 8.37. The Morgan fingerprint density at radius 2 is 1.93 bits per heavy atom. The van der Waals surface area contributed by atoms with Crippen LogP contribution in [0.25, 0.3) is 0 Å². The van der Waals surface area contributed by atoms with Gasteiger partial charge in [-0.15, -0.1) is 0 Å². The lowest BCUT2D eigenvalue weighted by atomic mass is 10.1. The van der Waals surface area contributed by atoms with E-state index >= 15 is 0 Å². The van der Waals surface area contributed by atoms with Crippen LogP contribution in [0.2, 0.25) is 0 Å². The molecule has 2 rings (SSSR count). The van der Waals surface area contributed by atoms with E-state index in [2.05, 4.69) is 10.0 Å². The molecule has 2 N–H and O–H groups in total. The van der Waals surface area contributed by atoms with Crippen LogP contribution < -0.4 is 19.5 Å². The smallest absolute Gasteiger partial charge is 0.251 e. The van der Waals surface area contributed by atoms with Crippen molar-refractivity contribution in [2.24, 2.45) is 0 Å². The van der Waals surface area contributed by atoms with E-state index in [1.165, 1.54) is 31.4 Å². The number of ether oxygens (including phenoxy) is 2. The van der Waals surface area contributed by atoms with Crippen molar-refractivity contribution >= 4 is 15.9 Å². The molecule has 0 radical (unpaired) electrons. The number of methoxy groups -OCH3 is 2. The molecule has 2 aromatic rings. The molecule has 1 amide bonds. The number of nitriles is 1. The van der Waals surface area contributed by atoms with Gasteiger partial charge in [0.15, 0.2) is 0 Å². The third kappa shape index (κ3) is 5.45. The number of nitrogens with zero attached hydrogens (tertiary/aromatic N) is 1. The lowest BCUT2D eigenvalue weighted by molar-refractivity contribution is 0.0950. The topological polar surface area (TPSA) is 118 Å². The largest absolute Gasteiger partial charge is 0.497 e. The van der Waals surface area contributed by atoms with E-state index in [4.69, 9.17) is 14.7 Å². The van der Waals surface area contributed by atoms with E-state index in [-0.39, 0.29) is 30.0 Å². The van der Waals surface area contributed by atoms with Crippen LogP contribution in [0.4, 0.5) is 0 Å². The minimum absolute atomic E-state index is 0.00485. The van der Waals surface area contributed by atoms with Gasteiger partial charge >= 0.3 is 0 Å². The first-order valence-corrected chi connectivity index (χ1v) is 9.85. The SMILES string of the molecule is COc1ccc(OC)c(CNC(=O)c2cccc(S(=O)(=O)NCCC#N)c2)c1. The molecule has 2 aromatic carbocycles. The Bertz CT molecular complexity index is 983. The highest BCUT2D eigenvalue weighted by Crippen LogP contribution is 2.23. The summed E-state index contributed by atoms with van der Waals surface area (Å²) >= 11 is 0.